The number of nitrogens with zero attached hydrogens (tertiary/aromatic N) is 2. The maximum Gasteiger partial charge on any atom is 0.273 e. The number of thiocarbonyl (C=S) groups is 1. The number of methoxy groups -OCH3 is 1. The van der Waals surface area contributed by atoms with E-state index in [4.69, 9.17) is 21.7 Å². The Hall–Kier alpha value is -4.57. The lowest BCUT2D eigenvalue weighted by Gasteiger charge is -2.29. The molecule has 3 aromatic carbocycles. The molecule has 1 aliphatic rings. The number of hydrogen-bond acceptors (Lipinski definition) is 7. The second kappa shape index (κ2) is 9.51. The summed E-state index contributed by atoms with van der Waals surface area (Å²) >= 11 is 5.23. The van der Waals surface area contributed by atoms with Gasteiger partial charge in [-0.2, -0.15) is 0 Å². The number of non-ortho nitro benzene ring substituents is 1. The van der Waals surface area contributed by atoms with E-state index in [2.05, 4.69) is 5.32 Å². The fourth-order valence-electron chi connectivity index (χ4n) is 3.27. The Morgan fingerprint density at radius 1 is 1.00 bits per heavy atom. The van der Waals surface area contributed by atoms with Crippen LogP contribution in [0.5, 0.6) is 17.2 Å². The number of nitrogens with one attached hydrogen (secondary N) is 1. The van der Waals surface area contributed by atoms with Gasteiger partial charge in [0.15, 0.2) is 5.11 Å². The molecule has 2 amide bonds. The van der Waals surface area contributed by atoms with E-state index in [1.807, 2.05) is 30.3 Å². The van der Waals surface area contributed by atoms with Crippen LogP contribution in [0.2, 0.25) is 0 Å². The number of nitro groups is 1. The molecule has 0 saturated carbocycles. The van der Waals surface area contributed by atoms with Gasteiger partial charge in [-0.3, -0.25) is 29.9 Å². The molecule has 0 spiro atoms. The lowest BCUT2D eigenvalue weighted by molar-refractivity contribution is -0.384. The zero-order valence-corrected chi connectivity index (χ0v) is 18.6. The Balaban J connectivity index is 1.63. The molecule has 4 rings (SSSR count). The summed E-state index contributed by atoms with van der Waals surface area (Å²) in [6, 6.07) is 19.7. The standard InChI is InChI=1S/C24H17N3O6S/c1-32-21-14-17(27(30)31)8-7-15(21)13-20-22(28)25-24(34)26(23(20)29)16-9-11-19(12-10-16)33-18-5-3-2-4-6-18/h2-14H,1H3,(H,25,28,34). The van der Waals surface area contributed by atoms with Crippen LogP contribution in [-0.2, 0) is 9.59 Å². The van der Waals surface area contributed by atoms with E-state index in [-0.39, 0.29) is 22.1 Å². The van der Waals surface area contributed by atoms with E-state index >= 15 is 0 Å². The zero-order valence-electron chi connectivity index (χ0n) is 17.8. The van der Waals surface area contributed by atoms with Crippen molar-refractivity contribution in [1.82, 2.24) is 5.32 Å². The molecule has 0 unspecified atom stereocenters. The number of hydrogen-bond donors (Lipinski definition) is 1. The van der Waals surface area contributed by atoms with Gasteiger partial charge in [0.25, 0.3) is 17.5 Å². The normalized spacial score (nSPS) is 14.7. The first-order valence-corrected chi connectivity index (χ1v) is 10.3. The average Bonchev–Trinajstić information content (AvgIpc) is 2.83. The fourth-order valence-corrected chi connectivity index (χ4v) is 3.55. The third kappa shape index (κ3) is 4.62. The highest BCUT2D eigenvalue weighted by atomic mass is 32.1. The highest BCUT2D eigenvalue weighted by Crippen LogP contribution is 2.30. The minimum atomic E-state index is -0.685. The number of benzene rings is 3. The van der Waals surface area contributed by atoms with Crippen LogP contribution in [-0.4, -0.2) is 29.0 Å². The molecule has 0 atom stereocenters. The highest BCUT2D eigenvalue weighted by Gasteiger charge is 2.34. The number of anilines is 1. The minimum Gasteiger partial charge on any atom is -0.496 e. The number of carbonyl (C=O) groups is 2. The maximum absolute atomic E-state index is 13.2. The first kappa shape index (κ1) is 22.6. The Bertz CT molecular complexity index is 1320. The van der Waals surface area contributed by atoms with E-state index in [9.17, 15) is 19.7 Å². The first-order valence-electron chi connectivity index (χ1n) is 9.94. The van der Waals surface area contributed by atoms with Crippen LogP contribution in [0.15, 0.2) is 78.4 Å². The molecule has 10 heteroatoms. The highest BCUT2D eigenvalue weighted by molar-refractivity contribution is 7.80. The first-order chi connectivity index (χ1) is 16.4. The van der Waals surface area contributed by atoms with Crippen LogP contribution < -0.4 is 19.7 Å². The SMILES string of the molecule is COc1cc([N+](=O)[O-])ccc1C=C1C(=O)NC(=S)N(c2ccc(Oc3ccccc3)cc2)C1=O. The summed E-state index contributed by atoms with van der Waals surface area (Å²) in [5, 5.41) is 13.5. The zero-order chi connectivity index (χ0) is 24.2. The monoisotopic (exact) mass is 475 g/mol. The number of amides is 2. The van der Waals surface area contributed by atoms with Gasteiger partial charge < -0.3 is 9.47 Å². The molecule has 170 valence electrons. The van der Waals surface area contributed by atoms with Crippen molar-refractivity contribution < 1.29 is 24.0 Å². The number of para-hydroxylation sites is 1. The Labute approximate surface area is 199 Å². The maximum atomic E-state index is 13.2. The third-order valence-corrected chi connectivity index (χ3v) is 5.19. The summed E-state index contributed by atoms with van der Waals surface area (Å²) in [7, 11) is 1.34. The molecule has 1 aliphatic heterocycles. The lowest BCUT2D eigenvalue weighted by Crippen LogP contribution is -2.54. The Kier molecular flexibility index (Phi) is 6.33. The molecule has 9 nitrogen and oxygen atoms in total. The van der Waals surface area contributed by atoms with Gasteiger partial charge in [-0.1, -0.05) is 18.2 Å². The summed E-state index contributed by atoms with van der Waals surface area (Å²) in [5.74, 6) is 0.0288. The van der Waals surface area contributed by atoms with Gasteiger partial charge in [0.05, 0.1) is 23.8 Å². The van der Waals surface area contributed by atoms with Gasteiger partial charge in [0.1, 0.15) is 22.8 Å². The van der Waals surface area contributed by atoms with Crippen LogP contribution in [0.25, 0.3) is 6.08 Å². The summed E-state index contributed by atoms with van der Waals surface area (Å²) in [4.78, 5) is 37.4. The van der Waals surface area contributed by atoms with Crippen molar-refractivity contribution in [2.45, 2.75) is 0 Å². The van der Waals surface area contributed by atoms with E-state index in [1.165, 1.54) is 36.3 Å². The van der Waals surface area contributed by atoms with Crippen molar-refractivity contribution in [3.05, 3.63) is 94.0 Å². The molecular weight excluding hydrogens is 458 g/mol. The van der Waals surface area contributed by atoms with Crippen LogP contribution in [0.4, 0.5) is 11.4 Å². The van der Waals surface area contributed by atoms with Gasteiger partial charge in [-0.15, -0.1) is 0 Å². The van der Waals surface area contributed by atoms with Gasteiger partial charge in [0.2, 0.25) is 0 Å². The largest absolute Gasteiger partial charge is 0.496 e. The van der Waals surface area contributed by atoms with Gasteiger partial charge in [-0.05, 0) is 60.8 Å². The summed E-state index contributed by atoms with van der Waals surface area (Å²) < 4.78 is 11.0. The molecular formula is C24H17N3O6S. The molecule has 3 aromatic rings. The molecule has 0 aromatic heterocycles. The Morgan fingerprint density at radius 2 is 1.68 bits per heavy atom. The summed E-state index contributed by atoms with van der Waals surface area (Å²) in [5.41, 5.74) is 0.368. The molecule has 1 heterocycles. The van der Waals surface area contributed by atoms with Gasteiger partial charge in [-0.25, -0.2) is 0 Å². The topological polar surface area (TPSA) is 111 Å². The number of ether oxygens (including phenoxy) is 2. The minimum absolute atomic E-state index is 0.0699. The molecule has 1 fully saturated rings. The molecule has 1 N–H and O–H groups in total. The fraction of sp³-hybridized carbons (Fsp3) is 0.0417. The van der Waals surface area contributed by atoms with Crippen LogP contribution >= 0.6 is 12.2 Å². The van der Waals surface area contributed by atoms with Crippen molar-refractivity contribution in [2.24, 2.45) is 0 Å². The number of nitro benzene ring substituents is 1. The average molecular weight is 475 g/mol. The van der Waals surface area contributed by atoms with Crippen molar-refractivity contribution in [3.63, 3.8) is 0 Å². The van der Waals surface area contributed by atoms with E-state index < -0.39 is 16.7 Å². The summed E-state index contributed by atoms with van der Waals surface area (Å²) in [6.07, 6.45) is 1.31. The van der Waals surface area contributed by atoms with E-state index in [1.54, 1.807) is 24.3 Å². The molecule has 0 bridgehead atoms. The second-order valence-corrected chi connectivity index (χ2v) is 7.44. The molecule has 0 radical (unpaired) electrons. The quantitative estimate of drug-likeness (QED) is 0.187. The van der Waals surface area contributed by atoms with Crippen molar-refractivity contribution in [3.8, 4) is 17.2 Å². The van der Waals surface area contributed by atoms with Crippen LogP contribution in [0, 0.1) is 10.1 Å². The van der Waals surface area contributed by atoms with Crippen LogP contribution in [0.1, 0.15) is 5.56 Å². The predicted molar refractivity (Wildman–Crippen MR) is 129 cm³/mol. The van der Waals surface area contributed by atoms with E-state index in [0.717, 1.165) is 0 Å². The lowest BCUT2D eigenvalue weighted by atomic mass is 10.1. The van der Waals surface area contributed by atoms with Gasteiger partial charge in [0, 0.05) is 11.6 Å². The predicted octanol–water partition coefficient (Wildman–Crippen LogP) is 4.23. The second-order valence-electron chi connectivity index (χ2n) is 7.05. The van der Waals surface area contributed by atoms with Crippen molar-refractivity contribution >= 4 is 46.6 Å². The van der Waals surface area contributed by atoms with Crippen LogP contribution in [0.3, 0.4) is 0 Å². The van der Waals surface area contributed by atoms with Crippen molar-refractivity contribution in [2.75, 3.05) is 12.0 Å². The Morgan fingerprint density at radius 3 is 2.32 bits per heavy atom. The third-order valence-electron chi connectivity index (χ3n) is 4.90. The summed E-state index contributed by atoms with van der Waals surface area (Å²) in [6.45, 7) is 0. The van der Waals surface area contributed by atoms with Crippen molar-refractivity contribution in [1.29, 1.82) is 0 Å². The smallest absolute Gasteiger partial charge is 0.273 e. The molecule has 0 aliphatic carbocycles. The number of carbonyl (C=O) groups excluding carboxylic acids is 2. The molecule has 1 saturated heterocycles. The molecule has 34 heavy (non-hydrogen) atoms. The van der Waals surface area contributed by atoms with E-state index in [0.29, 0.717) is 22.7 Å². The van der Waals surface area contributed by atoms with Gasteiger partial charge >= 0.3 is 0 Å². The number of rotatable bonds is 6.